The van der Waals surface area contributed by atoms with Crippen LogP contribution in [0, 0.1) is 11.8 Å². The molecule has 0 spiro atoms. The molecule has 7 nitrogen and oxygen atoms in total. The molecule has 28 heavy (non-hydrogen) atoms. The van der Waals surface area contributed by atoms with Gasteiger partial charge in [-0.1, -0.05) is 44.9 Å². The molecule has 1 fully saturated rings. The predicted octanol–water partition coefficient (Wildman–Crippen LogP) is 3.07. The Labute approximate surface area is 166 Å². The molecule has 1 saturated carbocycles. The van der Waals surface area contributed by atoms with Crippen molar-refractivity contribution in [2.45, 2.75) is 58.6 Å². The van der Waals surface area contributed by atoms with Crippen LogP contribution in [0.3, 0.4) is 0 Å². The summed E-state index contributed by atoms with van der Waals surface area (Å²) >= 11 is 0. The Hall–Kier alpha value is -2.57. The van der Waals surface area contributed by atoms with Gasteiger partial charge in [-0.3, -0.25) is 9.59 Å². The van der Waals surface area contributed by atoms with Gasteiger partial charge in [-0.25, -0.2) is 4.79 Å². The molecular formula is C21H31N3O4. The van der Waals surface area contributed by atoms with E-state index in [1.807, 2.05) is 18.2 Å². The summed E-state index contributed by atoms with van der Waals surface area (Å²) in [5.74, 6) is 0.194. The molecule has 3 N–H and O–H groups in total. The number of hydrogen-bond donors (Lipinski definition) is 3. The standard InChI is InChI=1S/C21H31N3O4/c1-14-8-7-11-18(15(14)2)24-20(26)16(3)28-19(25)12-13-22-21(27)23-17-9-5-4-6-10-17/h4-6,9-10,14-16,18H,7-8,11-13H2,1-3H3,(H,24,26)(H2,22,23,27)/t14-,15-,16-,18+/m1/s1. The predicted molar refractivity (Wildman–Crippen MR) is 108 cm³/mol. The van der Waals surface area contributed by atoms with E-state index < -0.39 is 18.1 Å². The Morgan fingerprint density at radius 2 is 1.86 bits per heavy atom. The number of benzene rings is 1. The molecule has 154 valence electrons. The second kappa shape index (κ2) is 10.7. The maximum Gasteiger partial charge on any atom is 0.319 e. The van der Waals surface area contributed by atoms with Crippen molar-refractivity contribution in [2.24, 2.45) is 11.8 Å². The largest absolute Gasteiger partial charge is 0.452 e. The van der Waals surface area contributed by atoms with E-state index in [1.165, 1.54) is 6.42 Å². The van der Waals surface area contributed by atoms with Crippen molar-refractivity contribution in [3.8, 4) is 0 Å². The summed E-state index contributed by atoms with van der Waals surface area (Å²) in [6.07, 6.45) is 2.38. The lowest BCUT2D eigenvalue weighted by atomic mass is 9.78. The molecule has 0 unspecified atom stereocenters. The number of anilines is 1. The van der Waals surface area contributed by atoms with Crippen LogP contribution in [0.4, 0.5) is 10.5 Å². The number of amides is 3. The summed E-state index contributed by atoms with van der Waals surface area (Å²) in [4.78, 5) is 36.0. The van der Waals surface area contributed by atoms with Gasteiger partial charge in [-0.05, 0) is 37.3 Å². The first-order valence-electron chi connectivity index (χ1n) is 9.96. The van der Waals surface area contributed by atoms with Crippen molar-refractivity contribution >= 4 is 23.6 Å². The summed E-state index contributed by atoms with van der Waals surface area (Å²) < 4.78 is 5.19. The van der Waals surface area contributed by atoms with Crippen molar-refractivity contribution in [3.05, 3.63) is 30.3 Å². The molecule has 0 bridgehead atoms. The van der Waals surface area contributed by atoms with E-state index >= 15 is 0 Å². The molecule has 1 aliphatic carbocycles. The van der Waals surface area contributed by atoms with E-state index in [4.69, 9.17) is 4.74 Å². The minimum Gasteiger partial charge on any atom is -0.452 e. The van der Waals surface area contributed by atoms with Gasteiger partial charge in [0, 0.05) is 18.3 Å². The van der Waals surface area contributed by atoms with E-state index in [1.54, 1.807) is 19.1 Å². The lowest BCUT2D eigenvalue weighted by molar-refractivity contribution is -0.155. The van der Waals surface area contributed by atoms with Crippen LogP contribution in [0.1, 0.15) is 46.5 Å². The van der Waals surface area contributed by atoms with Crippen LogP contribution in [0.15, 0.2) is 30.3 Å². The van der Waals surface area contributed by atoms with Crippen LogP contribution in [0.25, 0.3) is 0 Å². The summed E-state index contributed by atoms with van der Waals surface area (Å²) in [6, 6.07) is 8.74. The number of hydrogen-bond acceptors (Lipinski definition) is 4. The highest BCUT2D eigenvalue weighted by Gasteiger charge is 2.30. The zero-order valence-corrected chi connectivity index (χ0v) is 16.9. The van der Waals surface area contributed by atoms with Crippen molar-refractivity contribution in [1.82, 2.24) is 10.6 Å². The zero-order valence-electron chi connectivity index (χ0n) is 16.9. The van der Waals surface area contributed by atoms with Crippen molar-refractivity contribution in [2.75, 3.05) is 11.9 Å². The van der Waals surface area contributed by atoms with Gasteiger partial charge in [0.2, 0.25) is 0 Å². The minimum atomic E-state index is -0.852. The highest BCUT2D eigenvalue weighted by molar-refractivity contribution is 5.89. The maximum atomic E-state index is 12.3. The van der Waals surface area contributed by atoms with Gasteiger partial charge in [0.05, 0.1) is 6.42 Å². The monoisotopic (exact) mass is 389 g/mol. The van der Waals surface area contributed by atoms with Crippen LogP contribution in [0.2, 0.25) is 0 Å². The van der Waals surface area contributed by atoms with E-state index in [0.717, 1.165) is 12.8 Å². The van der Waals surface area contributed by atoms with Gasteiger partial charge < -0.3 is 20.7 Å². The Bertz CT molecular complexity index is 665. The molecule has 1 aromatic rings. The quantitative estimate of drug-likeness (QED) is 0.625. The first-order valence-corrected chi connectivity index (χ1v) is 9.96. The Morgan fingerprint density at radius 1 is 1.14 bits per heavy atom. The number of carbonyl (C=O) groups is 3. The summed E-state index contributed by atoms with van der Waals surface area (Å²) in [6.45, 7) is 6.05. The van der Waals surface area contributed by atoms with E-state index in [2.05, 4.69) is 29.8 Å². The lowest BCUT2D eigenvalue weighted by Gasteiger charge is -2.35. The van der Waals surface area contributed by atoms with Crippen LogP contribution < -0.4 is 16.0 Å². The first kappa shape index (κ1) is 21.7. The fraction of sp³-hybridized carbons (Fsp3) is 0.571. The summed E-state index contributed by atoms with van der Waals surface area (Å²) in [5.41, 5.74) is 0.666. The number of esters is 1. The number of para-hydroxylation sites is 1. The van der Waals surface area contributed by atoms with Crippen LogP contribution >= 0.6 is 0 Å². The Balaban J connectivity index is 1.66. The van der Waals surface area contributed by atoms with Gasteiger partial charge >= 0.3 is 12.0 Å². The maximum absolute atomic E-state index is 12.3. The van der Waals surface area contributed by atoms with Crippen molar-refractivity contribution in [3.63, 3.8) is 0 Å². The number of rotatable bonds is 7. The number of nitrogens with one attached hydrogen (secondary N) is 3. The molecule has 2 rings (SSSR count). The van der Waals surface area contributed by atoms with Crippen LogP contribution in [-0.2, 0) is 14.3 Å². The molecule has 3 amide bonds. The third kappa shape index (κ3) is 6.87. The fourth-order valence-electron chi connectivity index (χ4n) is 3.37. The third-order valence-electron chi connectivity index (χ3n) is 5.36. The van der Waals surface area contributed by atoms with E-state index in [9.17, 15) is 14.4 Å². The van der Waals surface area contributed by atoms with Crippen molar-refractivity contribution < 1.29 is 19.1 Å². The molecule has 0 heterocycles. The van der Waals surface area contributed by atoms with Crippen molar-refractivity contribution in [1.29, 1.82) is 0 Å². The molecule has 0 saturated heterocycles. The Morgan fingerprint density at radius 3 is 2.57 bits per heavy atom. The SMILES string of the molecule is C[C@@H]1[C@H](C)CCC[C@@H]1NC(=O)[C@@H](C)OC(=O)CCNC(=O)Nc1ccccc1. The molecule has 4 atom stereocenters. The van der Waals surface area contributed by atoms with Gasteiger partial charge in [0.15, 0.2) is 6.10 Å². The number of ether oxygens (including phenoxy) is 1. The normalized spacial score (nSPS) is 22.6. The van der Waals surface area contributed by atoms with Gasteiger partial charge in [-0.15, -0.1) is 0 Å². The summed E-state index contributed by atoms with van der Waals surface area (Å²) in [7, 11) is 0. The number of carbonyl (C=O) groups excluding carboxylic acids is 3. The lowest BCUT2D eigenvalue weighted by Crippen LogP contribution is -2.47. The van der Waals surface area contributed by atoms with E-state index in [0.29, 0.717) is 17.5 Å². The van der Waals surface area contributed by atoms with E-state index in [-0.39, 0.29) is 24.9 Å². The second-order valence-electron chi connectivity index (χ2n) is 7.51. The molecular weight excluding hydrogens is 358 g/mol. The van der Waals surface area contributed by atoms with Crippen LogP contribution in [-0.4, -0.2) is 36.6 Å². The molecule has 0 aliphatic heterocycles. The number of urea groups is 1. The van der Waals surface area contributed by atoms with Crippen LogP contribution in [0.5, 0.6) is 0 Å². The summed E-state index contributed by atoms with van der Waals surface area (Å²) in [5, 5.41) is 8.26. The molecule has 7 heteroatoms. The highest BCUT2D eigenvalue weighted by Crippen LogP contribution is 2.29. The third-order valence-corrected chi connectivity index (χ3v) is 5.36. The zero-order chi connectivity index (χ0) is 20.5. The minimum absolute atomic E-state index is 0.00328. The average molecular weight is 389 g/mol. The topological polar surface area (TPSA) is 96.5 Å². The van der Waals surface area contributed by atoms with Gasteiger partial charge in [-0.2, -0.15) is 0 Å². The van der Waals surface area contributed by atoms with Gasteiger partial charge in [0.1, 0.15) is 0 Å². The van der Waals surface area contributed by atoms with Gasteiger partial charge in [0.25, 0.3) is 5.91 Å². The average Bonchev–Trinajstić information content (AvgIpc) is 2.66. The Kier molecular flexibility index (Phi) is 8.29. The molecule has 0 aromatic heterocycles. The first-order chi connectivity index (χ1) is 13.4. The second-order valence-corrected chi connectivity index (χ2v) is 7.51. The molecule has 0 radical (unpaired) electrons. The fourth-order valence-corrected chi connectivity index (χ4v) is 3.37. The highest BCUT2D eigenvalue weighted by atomic mass is 16.5. The molecule has 1 aliphatic rings. The smallest absolute Gasteiger partial charge is 0.319 e. The molecule has 1 aromatic carbocycles.